The number of carbonyl (C=O) groups excluding carboxylic acids is 1. The van der Waals surface area contributed by atoms with Gasteiger partial charge in [0.2, 0.25) is 12.7 Å². The van der Waals surface area contributed by atoms with Crippen LogP contribution in [0.4, 0.5) is 25.8 Å². The summed E-state index contributed by atoms with van der Waals surface area (Å²) < 4.78 is 45.0. The molecule has 0 fully saturated rings. The van der Waals surface area contributed by atoms with Gasteiger partial charge < -0.3 is 24.4 Å². The first-order chi connectivity index (χ1) is 17.0. The van der Waals surface area contributed by atoms with E-state index in [9.17, 15) is 13.6 Å². The lowest BCUT2D eigenvalue weighted by Gasteiger charge is -2.24. The van der Waals surface area contributed by atoms with Gasteiger partial charge in [0.25, 0.3) is 0 Å². The third-order valence-electron chi connectivity index (χ3n) is 6.88. The van der Waals surface area contributed by atoms with E-state index in [0.29, 0.717) is 35.0 Å². The molecule has 1 amide bonds. The second-order valence-electron chi connectivity index (χ2n) is 9.04. The van der Waals surface area contributed by atoms with Crippen molar-refractivity contribution in [3.05, 3.63) is 71.3 Å². The Morgan fingerprint density at radius 2 is 1.74 bits per heavy atom. The second-order valence-corrected chi connectivity index (χ2v) is 9.04. The number of amides is 1. The summed E-state index contributed by atoms with van der Waals surface area (Å²) in [6, 6.07) is 12.4. The van der Waals surface area contributed by atoms with E-state index in [2.05, 4.69) is 12.2 Å². The van der Waals surface area contributed by atoms with Crippen molar-refractivity contribution in [1.82, 2.24) is 0 Å². The van der Waals surface area contributed by atoms with Crippen molar-refractivity contribution in [2.24, 2.45) is 0 Å². The number of hydrogen-bond acceptors (Lipinski definition) is 5. The average molecular weight is 478 g/mol. The quantitative estimate of drug-likeness (QED) is 0.464. The molecule has 3 aliphatic rings. The van der Waals surface area contributed by atoms with E-state index in [4.69, 9.17) is 14.2 Å². The van der Waals surface area contributed by atoms with Gasteiger partial charge in [0.1, 0.15) is 29.4 Å². The van der Waals surface area contributed by atoms with Gasteiger partial charge in [0.15, 0.2) is 11.5 Å². The molecule has 35 heavy (non-hydrogen) atoms. The van der Waals surface area contributed by atoms with Crippen molar-refractivity contribution in [1.29, 1.82) is 0 Å². The molecular formula is C27H24F2N2O4. The van der Waals surface area contributed by atoms with E-state index in [1.54, 1.807) is 6.07 Å². The minimum atomic E-state index is -1.12. The Morgan fingerprint density at radius 3 is 2.51 bits per heavy atom. The molecule has 0 aromatic heterocycles. The summed E-state index contributed by atoms with van der Waals surface area (Å²) in [5, 5.41) is 3.16. The molecule has 8 heteroatoms. The summed E-state index contributed by atoms with van der Waals surface area (Å²) >= 11 is 0. The molecule has 3 heterocycles. The summed E-state index contributed by atoms with van der Waals surface area (Å²) in [6.45, 7) is 2.90. The highest BCUT2D eigenvalue weighted by Crippen LogP contribution is 2.57. The molecule has 6 nitrogen and oxygen atoms in total. The van der Waals surface area contributed by atoms with Gasteiger partial charge >= 0.3 is 0 Å². The van der Waals surface area contributed by atoms with Gasteiger partial charge in [0, 0.05) is 41.2 Å². The highest BCUT2D eigenvalue weighted by Gasteiger charge is 2.58. The Morgan fingerprint density at radius 1 is 0.971 bits per heavy atom. The van der Waals surface area contributed by atoms with Crippen LogP contribution in [0.15, 0.2) is 48.5 Å². The van der Waals surface area contributed by atoms with Gasteiger partial charge in [-0.05, 0) is 36.8 Å². The maximum absolute atomic E-state index is 14.2. The molecule has 1 spiro atoms. The van der Waals surface area contributed by atoms with Crippen LogP contribution in [0.1, 0.15) is 37.3 Å². The van der Waals surface area contributed by atoms with Gasteiger partial charge in [-0.1, -0.05) is 25.8 Å². The average Bonchev–Trinajstić information content (AvgIpc) is 3.49. The number of fused-ring (bicyclic) bond motifs is 5. The molecule has 3 aromatic rings. The first-order valence-electron chi connectivity index (χ1n) is 11.8. The Bertz CT molecular complexity index is 1320. The number of halogens is 2. The lowest BCUT2D eigenvalue weighted by molar-refractivity contribution is -0.122. The normalized spacial score (nSPS) is 19.2. The van der Waals surface area contributed by atoms with E-state index in [1.165, 1.54) is 12.1 Å². The number of ether oxygens (including phenoxy) is 3. The Kier molecular flexibility index (Phi) is 5.05. The van der Waals surface area contributed by atoms with Crippen molar-refractivity contribution in [3.63, 3.8) is 0 Å². The van der Waals surface area contributed by atoms with E-state index >= 15 is 0 Å². The predicted molar refractivity (Wildman–Crippen MR) is 127 cm³/mol. The molecule has 3 aliphatic heterocycles. The number of hydrogen-bond donors (Lipinski definition) is 1. The summed E-state index contributed by atoms with van der Waals surface area (Å²) in [7, 11) is 0. The summed E-state index contributed by atoms with van der Waals surface area (Å²) in [5.74, 6) is 0.248. The number of nitrogens with one attached hydrogen (secondary N) is 1. The van der Waals surface area contributed by atoms with Gasteiger partial charge in [-0.15, -0.1) is 0 Å². The van der Waals surface area contributed by atoms with Crippen LogP contribution in [-0.4, -0.2) is 25.9 Å². The summed E-state index contributed by atoms with van der Waals surface area (Å²) in [4.78, 5) is 16.0. The predicted octanol–water partition coefficient (Wildman–Crippen LogP) is 5.65. The standard InChI is InChI=1S/C27H24F2N2O4/c1-2-3-4-8-31-21-7-5-6-20(30-18-10-16(28)9-17(29)11-18)25(21)27(26(31)32)14-33-22-13-24-23(12-19(22)27)34-15-35-24/h5-7,9-13,30H,2-4,8,14-15H2,1H3. The van der Waals surface area contributed by atoms with Crippen molar-refractivity contribution in [2.45, 2.75) is 31.6 Å². The fourth-order valence-corrected chi connectivity index (χ4v) is 5.31. The van der Waals surface area contributed by atoms with E-state index in [1.807, 2.05) is 29.2 Å². The zero-order valence-electron chi connectivity index (χ0n) is 19.2. The van der Waals surface area contributed by atoms with E-state index < -0.39 is 17.0 Å². The van der Waals surface area contributed by atoms with Crippen LogP contribution in [0, 0.1) is 11.6 Å². The minimum absolute atomic E-state index is 0.0825. The molecule has 180 valence electrons. The molecule has 0 bridgehead atoms. The molecule has 6 rings (SSSR count). The van der Waals surface area contributed by atoms with Crippen molar-refractivity contribution in [2.75, 3.05) is 30.2 Å². The zero-order valence-corrected chi connectivity index (χ0v) is 19.2. The van der Waals surface area contributed by atoms with Crippen LogP contribution in [0.5, 0.6) is 17.2 Å². The molecule has 0 aliphatic carbocycles. The van der Waals surface area contributed by atoms with Gasteiger partial charge in [-0.3, -0.25) is 4.79 Å². The smallest absolute Gasteiger partial charge is 0.245 e. The minimum Gasteiger partial charge on any atom is -0.491 e. The van der Waals surface area contributed by atoms with Crippen LogP contribution in [0.2, 0.25) is 0 Å². The largest absolute Gasteiger partial charge is 0.491 e. The Balaban J connectivity index is 1.52. The summed E-state index contributed by atoms with van der Waals surface area (Å²) in [6.07, 6.45) is 2.89. The van der Waals surface area contributed by atoms with Gasteiger partial charge in [-0.2, -0.15) is 0 Å². The Hall–Kier alpha value is -3.81. The topological polar surface area (TPSA) is 60.0 Å². The maximum atomic E-state index is 14.2. The third kappa shape index (κ3) is 3.31. The van der Waals surface area contributed by atoms with E-state index in [0.717, 1.165) is 36.6 Å². The number of carbonyl (C=O) groups is 1. The van der Waals surface area contributed by atoms with Crippen LogP contribution in [-0.2, 0) is 10.2 Å². The van der Waals surface area contributed by atoms with Crippen molar-refractivity contribution >= 4 is 23.0 Å². The fourth-order valence-electron chi connectivity index (χ4n) is 5.31. The highest BCUT2D eigenvalue weighted by atomic mass is 19.1. The molecule has 3 aromatic carbocycles. The molecule has 1 N–H and O–H groups in total. The third-order valence-corrected chi connectivity index (χ3v) is 6.88. The molecule has 0 saturated heterocycles. The first-order valence-corrected chi connectivity index (χ1v) is 11.8. The van der Waals surface area contributed by atoms with Gasteiger partial charge in [-0.25, -0.2) is 8.78 Å². The maximum Gasteiger partial charge on any atom is 0.245 e. The van der Waals surface area contributed by atoms with E-state index in [-0.39, 0.29) is 25.0 Å². The van der Waals surface area contributed by atoms with Crippen LogP contribution < -0.4 is 24.4 Å². The molecule has 1 atom stereocenters. The number of benzene rings is 3. The fraction of sp³-hybridized carbons (Fsp3) is 0.296. The van der Waals surface area contributed by atoms with Crippen LogP contribution in [0.25, 0.3) is 0 Å². The highest BCUT2D eigenvalue weighted by molar-refractivity contribution is 6.13. The van der Waals surface area contributed by atoms with Crippen LogP contribution >= 0.6 is 0 Å². The molecule has 0 radical (unpaired) electrons. The van der Waals surface area contributed by atoms with Crippen LogP contribution in [0.3, 0.4) is 0 Å². The number of nitrogens with zero attached hydrogens (tertiary/aromatic N) is 1. The lowest BCUT2D eigenvalue weighted by Crippen LogP contribution is -2.43. The van der Waals surface area contributed by atoms with Gasteiger partial charge in [0.05, 0.1) is 5.69 Å². The number of anilines is 3. The monoisotopic (exact) mass is 478 g/mol. The molecule has 0 saturated carbocycles. The van der Waals surface area contributed by atoms with Crippen molar-refractivity contribution < 1.29 is 27.8 Å². The lowest BCUT2D eigenvalue weighted by atomic mass is 9.76. The first kappa shape index (κ1) is 21.7. The van der Waals surface area contributed by atoms with Crippen molar-refractivity contribution in [3.8, 4) is 17.2 Å². The Labute approximate surface area is 201 Å². The second kappa shape index (κ2) is 8.15. The summed E-state index contributed by atoms with van der Waals surface area (Å²) in [5.41, 5.74) is 1.92. The molecule has 1 unspecified atom stereocenters. The molecular weight excluding hydrogens is 454 g/mol. The SMILES string of the molecule is CCCCCN1C(=O)C2(COc3cc4c(cc32)OCO4)c2c(Nc3cc(F)cc(F)c3)cccc21. The number of unbranched alkanes of at least 4 members (excludes halogenated alkanes) is 2. The number of rotatable bonds is 6. The zero-order chi connectivity index (χ0) is 24.2.